The highest BCUT2D eigenvalue weighted by atomic mass is 32.2. The van der Waals surface area contributed by atoms with Gasteiger partial charge >= 0.3 is 0 Å². The highest BCUT2D eigenvalue weighted by molar-refractivity contribution is 7.89. The van der Waals surface area contributed by atoms with Gasteiger partial charge in [-0.3, -0.25) is 0 Å². The molecule has 134 valence electrons. The molecule has 1 aliphatic heterocycles. The number of sulfonamides is 1. The molecule has 7 heteroatoms. The Hall–Kier alpha value is -2.09. The summed E-state index contributed by atoms with van der Waals surface area (Å²) in [5.41, 5.74) is 7.28. The molecule has 2 aromatic carbocycles. The van der Waals surface area contributed by atoms with Crippen LogP contribution in [0.5, 0.6) is 11.5 Å². The van der Waals surface area contributed by atoms with E-state index in [1.165, 1.54) is 30.7 Å². The van der Waals surface area contributed by atoms with Crippen LogP contribution in [0.25, 0.3) is 0 Å². The van der Waals surface area contributed by atoms with Crippen molar-refractivity contribution in [2.24, 2.45) is 5.73 Å². The van der Waals surface area contributed by atoms with E-state index in [-0.39, 0.29) is 23.4 Å². The highest BCUT2D eigenvalue weighted by Gasteiger charge is 2.38. The number of benzene rings is 2. The molecule has 1 heterocycles. The number of methoxy groups -OCH3 is 2. The third kappa shape index (κ3) is 3.35. The fourth-order valence-electron chi connectivity index (χ4n) is 3.17. The molecule has 2 atom stereocenters. The van der Waals surface area contributed by atoms with Gasteiger partial charge < -0.3 is 15.2 Å². The lowest BCUT2D eigenvalue weighted by Crippen LogP contribution is -2.32. The van der Waals surface area contributed by atoms with Gasteiger partial charge in [0.05, 0.1) is 19.1 Å². The maximum Gasteiger partial charge on any atom is 0.243 e. The summed E-state index contributed by atoms with van der Waals surface area (Å²) in [6.45, 7) is 0.651. The zero-order valence-electron chi connectivity index (χ0n) is 14.3. The maximum atomic E-state index is 13.0. The van der Waals surface area contributed by atoms with E-state index in [4.69, 9.17) is 15.2 Å². The van der Waals surface area contributed by atoms with Gasteiger partial charge in [0.1, 0.15) is 0 Å². The third-order valence-corrected chi connectivity index (χ3v) is 6.38. The first-order valence-electron chi connectivity index (χ1n) is 8.00. The Bertz CT molecular complexity index is 839. The van der Waals surface area contributed by atoms with Crippen molar-refractivity contribution in [3.8, 4) is 11.5 Å². The molecule has 0 amide bonds. The van der Waals surface area contributed by atoms with Gasteiger partial charge in [0, 0.05) is 31.1 Å². The zero-order chi connectivity index (χ0) is 18.0. The smallest absolute Gasteiger partial charge is 0.243 e. The molecule has 0 aromatic heterocycles. The topological polar surface area (TPSA) is 81.9 Å². The van der Waals surface area contributed by atoms with Crippen molar-refractivity contribution in [1.82, 2.24) is 4.31 Å². The van der Waals surface area contributed by atoms with Crippen molar-refractivity contribution < 1.29 is 17.9 Å². The van der Waals surface area contributed by atoms with Crippen molar-refractivity contribution in [1.29, 1.82) is 0 Å². The maximum absolute atomic E-state index is 13.0. The molecule has 0 saturated carbocycles. The van der Waals surface area contributed by atoms with Crippen LogP contribution >= 0.6 is 0 Å². The van der Waals surface area contributed by atoms with Crippen LogP contribution in [0.1, 0.15) is 11.5 Å². The largest absolute Gasteiger partial charge is 0.493 e. The Morgan fingerprint density at radius 3 is 2.32 bits per heavy atom. The standard InChI is InChI=1S/C18H22N2O4S/c1-23-17-9-8-14(10-18(17)24-2)25(21,22)20-11-15(16(19)12-20)13-6-4-3-5-7-13/h3-10,15-16H,11-12,19H2,1-2H3/t15-,16+/m0/s1. The number of hydrogen-bond acceptors (Lipinski definition) is 5. The Kier molecular flexibility index (Phi) is 4.99. The van der Waals surface area contributed by atoms with E-state index in [0.29, 0.717) is 18.0 Å². The summed E-state index contributed by atoms with van der Waals surface area (Å²) in [6, 6.07) is 14.1. The minimum absolute atomic E-state index is 0.0175. The lowest BCUT2D eigenvalue weighted by molar-refractivity contribution is 0.353. The summed E-state index contributed by atoms with van der Waals surface area (Å²) in [5, 5.41) is 0. The van der Waals surface area contributed by atoms with Crippen LogP contribution in [0.2, 0.25) is 0 Å². The second-order valence-corrected chi connectivity index (χ2v) is 7.96. The molecule has 1 aliphatic rings. The quantitative estimate of drug-likeness (QED) is 0.877. The molecule has 0 bridgehead atoms. The summed E-state index contributed by atoms with van der Waals surface area (Å²) >= 11 is 0. The van der Waals surface area contributed by atoms with Crippen molar-refractivity contribution in [2.75, 3.05) is 27.3 Å². The number of ether oxygens (including phenoxy) is 2. The summed E-state index contributed by atoms with van der Waals surface area (Å²) in [7, 11) is -0.665. The average Bonchev–Trinajstić information content (AvgIpc) is 3.04. The average molecular weight is 362 g/mol. The van der Waals surface area contributed by atoms with Crippen LogP contribution in [0.3, 0.4) is 0 Å². The van der Waals surface area contributed by atoms with Crippen molar-refractivity contribution in [3.63, 3.8) is 0 Å². The molecule has 1 fully saturated rings. The molecule has 2 N–H and O–H groups in total. The molecule has 6 nitrogen and oxygen atoms in total. The van der Waals surface area contributed by atoms with Gasteiger partial charge in [-0.1, -0.05) is 30.3 Å². The molecule has 25 heavy (non-hydrogen) atoms. The molecule has 3 rings (SSSR count). The Morgan fingerprint density at radius 2 is 1.68 bits per heavy atom. The van der Waals surface area contributed by atoms with Gasteiger partial charge in [-0.15, -0.1) is 0 Å². The fraction of sp³-hybridized carbons (Fsp3) is 0.333. The van der Waals surface area contributed by atoms with E-state index >= 15 is 0 Å². The molecular formula is C18H22N2O4S. The predicted octanol–water partition coefficient (Wildman–Crippen LogP) is 1.82. The third-order valence-electron chi connectivity index (χ3n) is 4.55. The number of nitrogens with zero attached hydrogens (tertiary/aromatic N) is 1. The highest BCUT2D eigenvalue weighted by Crippen LogP contribution is 2.34. The summed E-state index contributed by atoms with van der Waals surface area (Å²) in [5.74, 6) is 0.851. The van der Waals surface area contributed by atoms with Crippen LogP contribution in [-0.4, -0.2) is 46.1 Å². The van der Waals surface area contributed by atoms with Crippen molar-refractivity contribution >= 4 is 10.0 Å². The van der Waals surface area contributed by atoms with E-state index in [1.54, 1.807) is 6.07 Å². The van der Waals surface area contributed by atoms with Crippen LogP contribution in [0.4, 0.5) is 0 Å². The van der Waals surface area contributed by atoms with Crippen LogP contribution < -0.4 is 15.2 Å². The Morgan fingerprint density at radius 1 is 1.00 bits per heavy atom. The second kappa shape index (κ2) is 7.03. The van der Waals surface area contributed by atoms with Crippen molar-refractivity contribution in [3.05, 3.63) is 54.1 Å². The molecule has 1 saturated heterocycles. The second-order valence-electron chi connectivity index (χ2n) is 6.02. The monoisotopic (exact) mass is 362 g/mol. The molecule has 2 aromatic rings. The predicted molar refractivity (Wildman–Crippen MR) is 95.5 cm³/mol. The lowest BCUT2D eigenvalue weighted by Gasteiger charge is -2.17. The number of nitrogens with two attached hydrogens (primary N) is 1. The van der Waals surface area contributed by atoms with E-state index in [2.05, 4.69) is 0 Å². The van der Waals surface area contributed by atoms with Crippen LogP contribution in [-0.2, 0) is 10.0 Å². The van der Waals surface area contributed by atoms with E-state index < -0.39 is 10.0 Å². The summed E-state index contributed by atoms with van der Waals surface area (Å²) in [6.07, 6.45) is 0. The normalized spacial score (nSPS) is 21.2. The first kappa shape index (κ1) is 17.7. The van der Waals surface area contributed by atoms with E-state index in [0.717, 1.165) is 5.56 Å². The van der Waals surface area contributed by atoms with Gasteiger partial charge in [-0.25, -0.2) is 8.42 Å². The van der Waals surface area contributed by atoms with E-state index in [9.17, 15) is 8.42 Å². The van der Waals surface area contributed by atoms with Crippen LogP contribution in [0.15, 0.2) is 53.4 Å². The van der Waals surface area contributed by atoms with Gasteiger partial charge in [-0.2, -0.15) is 4.31 Å². The molecule has 0 aliphatic carbocycles. The van der Waals surface area contributed by atoms with Gasteiger partial charge in [-0.05, 0) is 17.7 Å². The zero-order valence-corrected chi connectivity index (χ0v) is 15.1. The van der Waals surface area contributed by atoms with Gasteiger partial charge in [0.2, 0.25) is 10.0 Å². The summed E-state index contributed by atoms with van der Waals surface area (Å²) < 4.78 is 37.8. The molecule has 0 spiro atoms. The minimum atomic E-state index is -3.65. The van der Waals surface area contributed by atoms with Gasteiger partial charge in [0.15, 0.2) is 11.5 Å². The number of hydrogen-bond donors (Lipinski definition) is 1. The molecular weight excluding hydrogens is 340 g/mol. The van der Waals surface area contributed by atoms with Crippen molar-refractivity contribution in [2.45, 2.75) is 16.9 Å². The summed E-state index contributed by atoms with van der Waals surface area (Å²) in [4.78, 5) is 0.172. The molecule has 0 radical (unpaired) electrons. The Balaban J connectivity index is 1.89. The van der Waals surface area contributed by atoms with Crippen LogP contribution in [0, 0.1) is 0 Å². The molecule has 0 unspecified atom stereocenters. The number of rotatable bonds is 5. The van der Waals surface area contributed by atoms with E-state index in [1.807, 2.05) is 30.3 Å². The minimum Gasteiger partial charge on any atom is -0.493 e. The lowest BCUT2D eigenvalue weighted by atomic mass is 9.95. The first-order valence-corrected chi connectivity index (χ1v) is 9.44. The first-order chi connectivity index (χ1) is 12.0. The SMILES string of the molecule is COc1ccc(S(=O)(=O)N2C[C@@H](N)[C@H](c3ccccc3)C2)cc1OC. The Labute approximate surface area is 148 Å². The fourth-order valence-corrected chi connectivity index (χ4v) is 4.69. The van der Waals surface area contributed by atoms with Gasteiger partial charge in [0.25, 0.3) is 0 Å².